The maximum Gasteiger partial charge on any atom is 0.410 e. The molecule has 0 unspecified atom stereocenters. The molecule has 2 aliphatic rings. The first-order chi connectivity index (χ1) is 23.3. The van der Waals surface area contributed by atoms with Gasteiger partial charge in [-0.05, 0) is 47.6 Å². The molecule has 2 heterocycles. The van der Waals surface area contributed by atoms with E-state index in [0.29, 0.717) is 44.0 Å². The molecule has 14 nitrogen and oxygen atoms in total. The van der Waals surface area contributed by atoms with E-state index in [1.54, 1.807) is 38.8 Å². The molecular weight excluding hydrogens is 686 g/mol. The maximum absolute atomic E-state index is 13.6. The molecule has 0 bridgehead atoms. The van der Waals surface area contributed by atoms with E-state index in [-0.39, 0.29) is 45.3 Å². The lowest BCUT2D eigenvalue weighted by Gasteiger charge is -2.28. The van der Waals surface area contributed by atoms with Crippen molar-refractivity contribution in [2.45, 2.75) is 105 Å². The molecule has 2 aliphatic heterocycles. The van der Waals surface area contributed by atoms with E-state index < -0.39 is 51.7 Å². The first-order valence-corrected chi connectivity index (χ1v) is 16.1. The summed E-state index contributed by atoms with van der Waals surface area (Å²) in [6.07, 6.45) is -0.617. The molecule has 2 saturated heterocycles. The topological polar surface area (TPSA) is 165 Å². The standard InChI is InChI=1S/C17H23FN2O6.C17H25FN2O4.2CH4/c1-17(2,3)26-16(21)19-9-15(8-13(19)10-24-4)25-14-6-11(18)5-12(7-14)20(22)23;1-17(2,3)24-16(21)20-9-15(8-13(20)10-22-4)23-14-6-11(18)5-12(19)7-14;;/h5-7,13,15H,8-10H2,1-4H3;5-7,13,15H,8-10,19H2,1-4H3;2*1H4/t2*13-,15+;;/m00../s1. The zero-order valence-corrected chi connectivity index (χ0v) is 29.8. The Kier molecular flexibility index (Phi) is 17.0. The third-order valence-electron chi connectivity index (χ3n) is 7.29. The number of benzene rings is 2. The average Bonchev–Trinajstić information content (AvgIpc) is 3.54. The van der Waals surface area contributed by atoms with E-state index >= 15 is 0 Å². The number of nitrogen functional groups attached to an aromatic ring is 1. The summed E-state index contributed by atoms with van der Waals surface area (Å²) in [6, 6.07) is 6.70. The largest absolute Gasteiger partial charge is 0.488 e. The summed E-state index contributed by atoms with van der Waals surface area (Å²) in [7, 11) is 3.10. The Morgan fingerprint density at radius 3 is 1.54 bits per heavy atom. The molecule has 0 radical (unpaired) electrons. The van der Waals surface area contributed by atoms with E-state index in [0.717, 1.165) is 18.2 Å². The first-order valence-electron chi connectivity index (χ1n) is 16.1. The van der Waals surface area contributed by atoms with E-state index in [1.807, 2.05) is 20.8 Å². The number of amides is 2. The van der Waals surface area contributed by atoms with Gasteiger partial charge in [-0.15, -0.1) is 0 Å². The van der Waals surface area contributed by atoms with Crippen LogP contribution in [0.15, 0.2) is 36.4 Å². The predicted octanol–water partition coefficient (Wildman–Crippen LogP) is 7.22. The van der Waals surface area contributed by atoms with Crippen LogP contribution < -0.4 is 15.2 Å². The quantitative estimate of drug-likeness (QED) is 0.157. The Hall–Kier alpha value is -4.44. The summed E-state index contributed by atoms with van der Waals surface area (Å²) in [6.45, 7) is 12.0. The molecule has 4 atom stereocenters. The molecule has 294 valence electrons. The van der Waals surface area contributed by atoms with Crippen LogP contribution in [0, 0.1) is 21.7 Å². The fraction of sp³-hybridized carbons (Fsp3) is 0.611. The average molecular weight is 743 g/mol. The van der Waals surface area contributed by atoms with E-state index in [4.69, 9.17) is 34.2 Å². The number of halogens is 2. The van der Waals surface area contributed by atoms with Crippen LogP contribution in [0.1, 0.15) is 69.2 Å². The number of ether oxygens (including phenoxy) is 6. The van der Waals surface area contributed by atoms with Crippen LogP contribution in [-0.2, 0) is 18.9 Å². The minimum absolute atomic E-state index is 0. The number of rotatable bonds is 9. The molecule has 52 heavy (non-hydrogen) atoms. The van der Waals surface area contributed by atoms with Gasteiger partial charge in [-0.3, -0.25) is 19.9 Å². The fourth-order valence-electron chi connectivity index (χ4n) is 5.47. The van der Waals surface area contributed by atoms with Gasteiger partial charge in [-0.2, -0.15) is 0 Å². The van der Waals surface area contributed by atoms with Gasteiger partial charge < -0.3 is 34.2 Å². The minimum atomic E-state index is -0.760. The summed E-state index contributed by atoms with van der Waals surface area (Å²) >= 11 is 0. The van der Waals surface area contributed by atoms with Crippen molar-refractivity contribution in [3.8, 4) is 11.5 Å². The smallest absolute Gasteiger partial charge is 0.410 e. The zero-order valence-electron chi connectivity index (χ0n) is 29.8. The number of nitro groups is 1. The lowest BCUT2D eigenvalue weighted by atomic mass is 10.2. The van der Waals surface area contributed by atoms with E-state index in [1.165, 1.54) is 24.1 Å². The van der Waals surface area contributed by atoms with Gasteiger partial charge in [0.25, 0.3) is 5.69 Å². The zero-order chi connectivity index (χ0) is 37.4. The number of nitrogens with two attached hydrogens (primary N) is 1. The Bertz CT molecular complexity index is 1460. The van der Waals surface area contributed by atoms with Gasteiger partial charge in [-0.1, -0.05) is 14.9 Å². The van der Waals surface area contributed by atoms with Gasteiger partial charge in [0.15, 0.2) is 0 Å². The fourth-order valence-corrected chi connectivity index (χ4v) is 5.47. The van der Waals surface area contributed by atoms with Crippen molar-refractivity contribution in [3.63, 3.8) is 0 Å². The molecule has 2 amide bonds. The van der Waals surface area contributed by atoms with Crippen molar-refractivity contribution in [2.75, 3.05) is 46.3 Å². The predicted molar refractivity (Wildman–Crippen MR) is 193 cm³/mol. The lowest BCUT2D eigenvalue weighted by Crippen LogP contribution is -2.42. The number of nitrogens with zero attached hydrogens (tertiary/aromatic N) is 3. The Labute approximate surface area is 305 Å². The number of nitro benzene ring substituents is 1. The van der Waals surface area contributed by atoms with Gasteiger partial charge in [0.05, 0.1) is 55.4 Å². The van der Waals surface area contributed by atoms with Gasteiger partial charge in [0.1, 0.15) is 46.5 Å². The number of hydrogen-bond acceptors (Lipinski definition) is 11. The number of non-ortho nitro benzene ring substituents is 1. The summed E-state index contributed by atoms with van der Waals surface area (Å²) in [5.74, 6) is -0.825. The summed E-state index contributed by atoms with van der Waals surface area (Å²) in [5.41, 5.74) is 4.31. The van der Waals surface area contributed by atoms with Crippen molar-refractivity contribution >= 4 is 23.6 Å². The molecule has 0 aliphatic carbocycles. The highest BCUT2D eigenvalue weighted by molar-refractivity contribution is 5.69. The molecular formula is C36H56F2N4O10. The van der Waals surface area contributed by atoms with Crippen molar-refractivity contribution < 1.29 is 51.7 Å². The van der Waals surface area contributed by atoms with Crippen LogP contribution in [0.25, 0.3) is 0 Å². The monoisotopic (exact) mass is 742 g/mol. The van der Waals surface area contributed by atoms with Gasteiger partial charge in [-0.25, -0.2) is 18.4 Å². The van der Waals surface area contributed by atoms with Crippen LogP contribution >= 0.6 is 0 Å². The number of carbonyl (C=O) groups is 2. The minimum Gasteiger partial charge on any atom is -0.488 e. The van der Waals surface area contributed by atoms with E-state index in [9.17, 15) is 28.5 Å². The normalized spacial score (nSPS) is 19.7. The highest BCUT2D eigenvalue weighted by Gasteiger charge is 2.40. The number of likely N-dealkylation sites (tertiary alicyclic amines) is 2. The second kappa shape index (κ2) is 19.4. The molecule has 2 aromatic carbocycles. The first kappa shape index (κ1) is 45.6. The molecule has 0 spiro atoms. The molecule has 2 fully saturated rings. The third kappa shape index (κ3) is 14.3. The Morgan fingerprint density at radius 2 is 1.17 bits per heavy atom. The molecule has 0 aromatic heterocycles. The number of anilines is 1. The third-order valence-corrected chi connectivity index (χ3v) is 7.29. The van der Waals surface area contributed by atoms with Gasteiger partial charge in [0.2, 0.25) is 0 Å². The number of hydrogen-bond donors (Lipinski definition) is 1. The molecule has 0 saturated carbocycles. The summed E-state index contributed by atoms with van der Waals surface area (Å²) < 4.78 is 59.6. The van der Waals surface area contributed by atoms with Crippen molar-refractivity contribution in [1.82, 2.24) is 9.80 Å². The van der Waals surface area contributed by atoms with Crippen LogP contribution in [0.5, 0.6) is 11.5 Å². The highest BCUT2D eigenvalue weighted by Crippen LogP contribution is 2.29. The molecule has 2 aromatic rings. The van der Waals surface area contributed by atoms with Gasteiger partial charge in [0, 0.05) is 50.9 Å². The molecule has 4 rings (SSSR count). The summed E-state index contributed by atoms with van der Waals surface area (Å²) in [5, 5.41) is 10.9. The van der Waals surface area contributed by atoms with Crippen molar-refractivity contribution in [1.29, 1.82) is 0 Å². The molecule has 16 heteroatoms. The highest BCUT2D eigenvalue weighted by atomic mass is 19.1. The molecule has 2 N–H and O–H groups in total. The Balaban J connectivity index is 0.000000502. The number of methoxy groups -OCH3 is 2. The van der Waals surface area contributed by atoms with Crippen molar-refractivity contribution in [3.05, 3.63) is 58.1 Å². The second-order valence-corrected chi connectivity index (χ2v) is 14.1. The Morgan fingerprint density at radius 1 is 0.769 bits per heavy atom. The van der Waals surface area contributed by atoms with Crippen LogP contribution in [0.3, 0.4) is 0 Å². The SMILES string of the molecule is C.C.COC[C@@H]1C[C@@H](Oc2cc(F)cc([N+](=O)[O-])c2)CN1C(=O)OC(C)(C)C.COC[C@@H]1C[C@@H](Oc2cc(N)cc(F)c2)CN1C(=O)OC(C)(C)C. The van der Waals surface area contributed by atoms with Crippen molar-refractivity contribution in [2.24, 2.45) is 0 Å². The van der Waals surface area contributed by atoms with E-state index in [2.05, 4.69) is 0 Å². The van der Waals surface area contributed by atoms with Gasteiger partial charge >= 0.3 is 12.2 Å². The number of carbonyl (C=O) groups excluding carboxylic acids is 2. The second-order valence-electron chi connectivity index (χ2n) is 14.1. The van der Waals surface area contributed by atoms with Crippen LogP contribution in [-0.4, -0.2) is 103 Å². The van der Waals surface area contributed by atoms with Crippen LogP contribution in [0.2, 0.25) is 0 Å². The summed E-state index contributed by atoms with van der Waals surface area (Å²) in [4.78, 5) is 38.0. The van der Waals surface area contributed by atoms with Crippen LogP contribution in [0.4, 0.5) is 29.7 Å². The maximum atomic E-state index is 13.6. The lowest BCUT2D eigenvalue weighted by molar-refractivity contribution is -0.385.